The molecule has 1 aliphatic heterocycles. The molecule has 1 rings (SSSR count). The summed E-state index contributed by atoms with van der Waals surface area (Å²) in [7, 11) is 0. The lowest BCUT2D eigenvalue weighted by Gasteiger charge is -2.47. The minimum atomic E-state index is 0.281. The van der Waals surface area contributed by atoms with Gasteiger partial charge in [-0.25, -0.2) is 0 Å². The number of rotatable bonds is 4. The third kappa shape index (κ3) is 2.82. The minimum Gasteiger partial charge on any atom is -0.309 e. The smallest absolute Gasteiger partial charge is 0.0278 e. The first-order valence-electron chi connectivity index (χ1n) is 6.19. The minimum absolute atomic E-state index is 0.281. The molecule has 0 spiro atoms. The predicted molar refractivity (Wildman–Crippen MR) is 67.1 cm³/mol. The lowest BCUT2D eigenvalue weighted by Crippen LogP contribution is -2.64. The summed E-state index contributed by atoms with van der Waals surface area (Å²) in [6, 6.07) is 1.15. The van der Waals surface area contributed by atoms with Crippen molar-refractivity contribution in [1.82, 2.24) is 10.2 Å². The van der Waals surface area contributed by atoms with Crippen molar-refractivity contribution in [2.75, 3.05) is 13.1 Å². The predicted octanol–water partition coefficient (Wildman–Crippen LogP) is 2.41. The number of hydrogen-bond acceptors (Lipinski definition) is 2. The Labute approximate surface area is 94.7 Å². The van der Waals surface area contributed by atoms with E-state index in [4.69, 9.17) is 0 Å². The van der Waals surface area contributed by atoms with Crippen LogP contribution < -0.4 is 5.32 Å². The van der Waals surface area contributed by atoms with Gasteiger partial charge >= 0.3 is 0 Å². The second-order valence-electron chi connectivity index (χ2n) is 5.01. The average molecular weight is 210 g/mol. The number of nitrogens with zero attached hydrogens (tertiary/aromatic N) is 1. The van der Waals surface area contributed by atoms with Gasteiger partial charge in [-0.1, -0.05) is 19.9 Å². The van der Waals surface area contributed by atoms with Crippen LogP contribution in [0, 0.1) is 0 Å². The molecule has 0 aromatic carbocycles. The van der Waals surface area contributed by atoms with Gasteiger partial charge in [0.05, 0.1) is 0 Å². The van der Waals surface area contributed by atoms with Crippen molar-refractivity contribution in [2.45, 2.75) is 58.2 Å². The summed E-state index contributed by atoms with van der Waals surface area (Å²) in [5.74, 6) is 0. The Hall–Kier alpha value is -0.340. The first-order valence-corrected chi connectivity index (χ1v) is 6.19. The van der Waals surface area contributed by atoms with E-state index in [-0.39, 0.29) is 5.54 Å². The number of piperazine rings is 1. The van der Waals surface area contributed by atoms with Crippen molar-refractivity contribution in [1.29, 1.82) is 0 Å². The van der Waals surface area contributed by atoms with Crippen LogP contribution in [0.2, 0.25) is 0 Å². The standard InChI is InChI=1S/C13H26N2/c1-6-11(4)15-10-13(5,8-3)14-9-12(15)7-2/h6,11-12,14H,1,7-10H2,2-5H3. The lowest BCUT2D eigenvalue weighted by molar-refractivity contribution is 0.0651. The molecule has 0 aromatic heterocycles. The Morgan fingerprint density at radius 1 is 1.60 bits per heavy atom. The van der Waals surface area contributed by atoms with E-state index in [1.807, 2.05) is 0 Å². The molecule has 2 nitrogen and oxygen atoms in total. The lowest BCUT2D eigenvalue weighted by atomic mass is 9.91. The zero-order valence-electron chi connectivity index (χ0n) is 10.7. The molecule has 0 amide bonds. The molecule has 1 aliphatic rings. The normalized spacial score (nSPS) is 35.1. The quantitative estimate of drug-likeness (QED) is 0.717. The van der Waals surface area contributed by atoms with Crippen molar-refractivity contribution < 1.29 is 0 Å². The van der Waals surface area contributed by atoms with Crippen LogP contribution in [0.15, 0.2) is 12.7 Å². The van der Waals surface area contributed by atoms with Gasteiger partial charge in [-0.15, -0.1) is 6.58 Å². The Morgan fingerprint density at radius 2 is 2.27 bits per heavy atom. The van der Waals surface area contributed by atoms with E-state index in [1.54, 1.807) is 0 Å². The van der Waals surface area contributed by atoms with Crippen LogP contribution >= 0.6 is 0 Å². The van der Waals surface area contributed by atoms with E-state index in [1.165, 1.54) is 12.8 Å². The zero-order valence-corrected chi connectivity index (χ0v) is 10.7. The molecule has 0 saturated carbocycles. The van der Waals surface area contributed by atoms with Crippen LogP contribution in [-0.4, -0.2) is 35.6 Å². The van der Waals surface area contributed by atoms with Crippen molar-refractivity contribution in [3.63, 3.8) is 0 Å². The summed E-state index contributed by atoms with van der Waals surface area (Å²) in [4.78, 5) is 2.59. The van der Waals surface area contributed by atoms with Gasteiger partial charge in [0.25, 0.3) is 0 Å². The van der Waals surface area contributed by atoms with E-state index in [9.17, 15) is 0 Å². The maximum Gasteiger partial charge on any atom is 0.0278 e. The molecule has 1 N–H and O–H groups in total. The summed E-state index contributed by atoms with van der Waals surface area (Å²) < 4.78 is 0. The highest BCUT2D eigenvalue weighted by atomic mass is 15.3. The van der Waals surface area contributed by atoms with Gasteiger partial charge in [-0.2, -0.15) is 0 Å². The van der Waals surface area contributed by atoms with Gasteiger partial charge < -0.3 is 5.32 Å². The summed E-state index contributed by atoms with van der Waals surface area (Å²) >= 11 is 0. The first kappa shape index (κ1) is 12.7. The summed E-state index contributed by atoms with van der Waals surface area (Å²) in [5.41, 5.74) is 0.281. The molecule has 2 heteroatoms. The fourth-order valence-corrected chi connectivity index (χ4v) is 2.30. The van der Waals surface area contributed by atoms with Gasteiger partial charge in [0.15, 0.2) is 0 Å². The van der Waals surface area contributed by atoms with E-state index < -0.39 is 0 Å². The highest BCUT2D eigenvalue weighted by molar-refractivity contribution is 4.98. The molecular formula is C13H26N2. The van der Waals surface area contributed by atoms with Gasteiger partial charge in [0, 0.05) is 30.7 Å². The highest BCUT2D eigenvalue weighted by Gasteiger charge is 2.34. The second kappa shape index (κ2) is 5.13. The summed E-state index contributed by atoms with van der Waals surface area (Å²) in [6.07, 6.45) is 4.46. The van der Waals surface area contributed by atoms with Crippen molar-refractivity contribution >= 4 is 0 Å². The van der Waals surface area contributed by atoms with E-state index in [2.05, 4.69) is 50.6 Å². The molecule has 88 valence electrons. The fraction of sp³-hybridized carbons (Fsp3) is 0.846. The van der Waals surface area contributed by atoms with Gasteiger partial charge in [-0.3, -0.25) is 4.90 Å². The van der Waals surface area contributed by atoms with Crippen LogP contribution in [0.25, 0.3) is 0 Å². The van der Waals surface area contributed by atoms with Crippen LogP contribution in [0.3, 0.4) is 0 Å². The van der Waals surface area contributed by atoms with Crippen LogP contribution in [0.5, 0.6) is 0 Å². The largest absolute Gasteiger partial charge is 0.309 e. The Morgan fingerprint density at radius 3 is 2.73 bits per heavy atom. The SMILES string of the molecule is C=CC(C)N1CC(C)(CC)NCC1CC. The molecule has 3 atom stereocenters. The highest BCUT2D eigenvalue weighted by Crippen LogP contribution is 2.22. The zero-order chi connectivity index (χ0) is 11.5. The Kier molecular flexibility index (Phi) is 4.35. The van der Waals surface area contributed by atoms with Crippen LogP contribution in [0.1, 0.15) is 40.5 Å². The van der Waals surface area contributed by atoms with Gasteiger partial charge in [-0.05, 0) is 26.7 Å². The van der Waals surface area contributed by atoms with E-state index in [0.29, 0.717) is 12.1 Å². The molecule has 0 bridgehead atoms. The maximum absolute atomic E-state index is 3.92. The Balaban J connectivity index is 2.73. The molecule has 1 fully saturated rings. The third-order valence-electron chi connectivity index (χ3n) is 3.88. The molecule has 15 heavy (non-hydrogen) atoms. The van der Waals surface area contributed by atoms with Crippen molar-refractivity contribution in [3.05, 3.63) is 12.7 Å². The number of nitrogens with one attached hydrogen (secondary N) is 1. The molecule has 1 heterocycles. The van der Waals surface area contributed by atoms with Crippen LogP contribution in [-0.2, 0) is 0 Å². The third-order valence-corrected chi connectivity index (χ3v) is 3.88. The second-order valence-corrected chi connectivity index (χ2v) is 5.01. The maximum atomic E-state index is 3.92. The molecule has 0 aliphatic carbocycles. The topological polar surface area (TPSA) is 15.3 Å². The molecular weight excluding hydrogens is 184 g/mol. The van der Waals surface area contributed by atoms with Crippen LogP contribution in [0.4, 0.5) is 0 Å². The van der Waals surface area contributed by atoms with Crippen molar-refractivity contribution in [2.24, 2.45) is 0 Å². The molecule has 3 unspecified atom stereocenters. The van der Waals surface area contributed by atoms with Gasteiger partial charge in [0.2, 0.25) is 0 Å². The van der Waals surface area contributed by atoms with Crippen molar-refractivity contribution in [3.8, 4) is 0 Å². The monoisotopic (exact) mass is 210 g/mol. The number of hydrogen-bond donors (Lipinski definition) is 1. The summed E-state index contributed by atoms with van der Waals surface area (Å²) in [6.45, 7) is 15.3. The summed E-state index contributed by atoms with van der Waals surface area (Å²) in [5, 5.41) is 3.68. The molecule has 1 saturated heterocycles. The van der Waals surface area contributed by atoms with E-state index >= 15 is 0 Å². The Bertz CT molecular complexity index is 215. The first-order chi connectivity index (χ1) is 7.06. The molecule has 0 aromatic rings. The van der Waals surface area contributed by atoms with Gasteiger partial charge in [0.1, 0.15) is 0 Å². The fourth-order valence-electron chi connectivity index (χ4n) is 2.30. The average Bonchev–Trinajstić information content (AvgIpc) is 2.28. The molecule has 0 radical (unpaired) electrons. The van der Waals surface area contributed by atoms with E-state index in [0.717, 1.165) is 13.1 Å².